The molecular formula is C37H51N3O8. The van der Waals surface area contributed by atoms with Gasteiger partial charge in [0.1, 0.15) is 43.2 Å². The van der Waals surface area contributed by atoms with Crippen molar-refractivity contribution in [3.63, 3.8) is 0 Å². The fourth-order valence-electron chi connectivity index (χ4n) is 6.07. The Kier molecular flexibility index (Phi) is 13.7. The lowest BCUT2D eigenvalue weighted by Crippen LogP contribution is -2.55. The lowest BCUT2D eigenvalue weighted by molar-refractivity contribution is -0.154. The normalized spacial score (nSPS) is 17.5. The highest BCUT2D eigenvalue weighted by Gasteiger charge is 2.36. The zero-order chi connectivity index (χ0) is 34.5. The van der Waals surface area contributed by atoms with Crippen LogP contribution in [0.3, 0.4) is 0 Å². The minimum absolute atomic E-state index is 0.00489. The van der Waals surface area contributed by atoms with E-state index in [9.17, 15) is 19.2 Å². The molecule has 1 N–H and O–H groups in total. The van der Waals surface area contributed by atoms with Crippen LogP contribution in [-0.2, 0) is 35.2 Å². The Balaban J connectivity index is 1.25. The number of amides is 2. The number of carbonyl (C=O) groups is 4. The van der Waals surface area contributed by atoms with E-state index in [4.69, 9.17) is 18.9 Å². The van der Waals surface area contributed by atoms with Crippen LogP contribution in [0.4, 0.5) is 10.5 Å². The number of benzene rings is 2. The Labute approximate surface area is 284 Å². The van der Waals surface area contributed by atoms with Crippen molar-refractivity contribution in [3.8, 4) is 5.75 Å². The van der Waals surface area contributed by atoms with Crippen molar-refractivity contribution in [2.24, 2.45) is 5.92 Å². The van der Waals surface area contributed by atoms with E-state index in [1.54, 1.807) is 56.9 Å². The summed E-state index contributed by atoms with van der Waals surface area (Å²) in [5.41, 5.74) is 0.740. The number of likely N-dealkylation sites (tertiary alicyclic amines) is 1. The molecule has 0 aromatic heterocycles. The third kappa shape index (κ3) is 11.2. The molecule has 11 heteroatoms. The molecule has 0 spiro atoms. The van der Waals surface area contributed by atoms with Crippen LogP contribution in [0.15, 0.2) is 54.6 Å². The average Bonchev–Trinajstić information content (AvgIpc) is 3.19. The lowest BCUT2D eigenvalue weighted by Gasteiger charge is -2.31. The molecule has 2 aliphatic heterocycles. The standard InChI is InChI=1S/C37H51N3O8/c1-5-45-35(43)29(17-11-7-8-14-27-20-22-39(23-21-27)36(44)47-25-28-15-9-6-10-16-28)38-30-26-46-32-19-13-12-18-31(32)40(34(30)42)24-33(41)48-37(2,3)4/h6,9-10,12-13,15-16,18-19,27,29-30,38H,5,7-8,11,14,17,20-26H2,1-4H3/t29-,30+/m1/s1. The Morgan fingerprint density at radius 2 is 1.67 bits per heavy atom. The summed E-state index contributed by atoms with van der Waals surface area (Å²) < 4.78 is 22.3. The number of unbranched alkanes of at least 4 members (excludes halogenated alkanes) is 2. The molecule has 2 aromatic carbocycles. The SMILES string of the molecule is CCOC(=O)[C@@H](CCCCCC1CCN(C(=O)OCc2ccccc2)CC1)N[C@H]1COc2ccccc2N(CC(=O)OC(C)(C)C)C1=O. The quantitative estimate of drug-likeness (QED) is 0.155. The Bertz CT molecular complexity index is 1350. The first kappa shape index (κ1) is 36.7. The number of hydrogen-bond acceptors (Lipinski definition) is 9. The number of fused-ring (bicyclic) bond motifs is 1. The average molecular weight is 666 g/mol. The van der Waals surface area contributed by atoms with Gasteiger partial charge in [0.2, 0.25) is 5.91 Å². The summed E-state index contributed by atoms with van der Waals surface area (Å²) in [6.07, 6.45) is 5.86. The molecule has 48 heavy (non-hydrogen) atoms. The van der Waals surface area contributed by atoms with Crippen LogP contribution in [0.25, 0.3) is 0 Å². The Hall–Kier alpha value is -4.12. The molecule has 1 saturated heterocycles. The van der Waals surface area contributed by atoms with Gasteiger partial charge in [0.25, 0.3) is 0 Å². The van der Waals surface area contributed by atoms with Crippen molar-refractivity contribution in [3.05, 3.63) is 60.2 Å². The maximum absolute atomic E-state index is 13.8. The predicted octanol–water partition coefficient (Wildman–Crippen LogP) is 5.64. The number of para-hydroxylation sites is 2. The number of nitrogens with zero attached hydrogens (tertiary/aromatic N) is 2. The molecule has 2 atom stereocenters. The van der Waals surface area contributed by atoms with Crippen LogP contribution in [0.1, 0.15) is 78.2 Å². The smallest absolute Gasteiger partial charge is 0.410 e. The third-order valence-electron chi connectivity index (χ3n) is 8.49. The number of carbonyl (C=O) groups excluding carboxylic acids is 4. The Morgan fingerprint density at radius 1 is 0.958 bits per heavy atom. The molecule has 2 aromatic rings. The molecule has 4 rings (SSSR count). The second kappa shape index (κ2) is 17.9. The van der Waals surface area contributed by atoms with Crippen LogP contribution in [0, 0.1) is 5.92 Å². The lowest BCUT2D eigenvalue weighted by atomic mass is 9.91. The summed E-state index contributed by atoms with van der Waals surface area (Å²) in [7, 11) is 0. The van der Waals surface area contributed by atoms with Gasteiger partial charge in [-0.05, 0) is 70.6 Å². The second-order valence-electron chi connectivity index (χ2n) is 13.4. The van der Waals surface area contributed by atoms with Crippen LogP contribution in [0.2, 0.25) is 0 Å². The van der Waals surface area contributed by atoms with Gasteiger partial charge >= 0.3 is 18.0 Å². The number of hydrogen-bond donors (Lipinski definition) is 1. The van der Waals surface area contributed by atoms with E-state index >= 15 is 0 Å². The monoisotopic (exact) mass is 665 g/mol. The van der Waals surface area contributed by atoms with Crippen molar-refractivity contribution in [2.75, 3.05) is 37.7 Å². The highest BCUT2D eigenvalue weighted by atomic mass is 16.6. The molecule has 0 aliphatic carbocycles. The molecule has 0 saturated carbocycles. The first-order valence-electron chi connectivity index (χ1n) is 17.2. The molecule has 0 radical (unpaired) electrons. The maximum Gasteiger partial charge on any atom is 0.410 e. The van der Waals surface area contributed by atoms with Gasteiger partial charge in [0.15, 0.2) is 0 Å². The van der Waals surface area contributed by atoms with E-state index in [1.165, 1.54) is 4.90 Å². The van der Waals surface area contributed by atoms with Gasteiger partial charge in [0.05, 0.1) is 12.3 Å². The van der Waals surface area contributed by atoms with Gasteiger partial charge in [-0.25, -0.2) is 4.79 Å². The zero-order valence-corrected chi connectivity index (χ0v) is 28.8. The fraction of sp³-hybridized carbons (Fsp3) is 0.568. The van der Waals surface area contributed by atoms with E-state index in [2.05, 4.69) is 5.32 Å². The maximum atomic E-state index is 13.8. The van der Waals surface area contributed by atoms with E-state index in [0.717, 1.165) is 44.1 Å². The number of esters is 2. The molecule has 0 bridgehead atoms. The summed E-state index contributed by atoms with van der Waals surface area (Å²) in [5.74, 6) is -0.323. The minimum Gasteiger partial charge on any atom is -0.489 e. The van der Waals surface area contributed by atoms with Gasteiger partial charge in [-0.15, -0.1) is 0 Å². The molecule has 0 unspecified atom stereocenters. The van der Waals surface area contributed by atoms with E-state index < -0.39 is 29.6 Å². The molecule has 2 aliphatic rings. The van der Waals surface area contributed by atoms with Crippen molar-refractivity contribution in [1.82, 2.24) is 10.2 Å². The molecular weight excluding hydrogens is 614 g/mol. The second-order valence-corrected chi connectivity index (χ2v) is 13.4. The first-order valence-corrected chi connectivity index (χ1v) is 17.2. The van der Waals surface area contributed by atoms with E-state index in [-0.39, 0.29) is 38.4 Å². The van der Waals surface area contributed by atoms with Gasteiger partial charge in [-0.3, -0.25) is 24.6 Å². The van der Waals surface area contributed by atoms with E-state index in [0.29, 0.717) is 36.9 Å². The highest BCUT2D eigenvalue weighted by molar-refractivity contribution is 6.02. The van der Waals surface area contributed by atoms with Gasteiger partial charge < -0.3 is 23.8 Å². The first-order chi connectivity index (χ1) is 23.0. The van der Waals surface area contributed by atoms with Gasteiger partial charge in [-0.2, -0.15) is 0 Å². The summed E-state index contributed by atoms with van der Waals surface area (Å²) >= 11 is 0. The number of rotatable bonds is 14. The molecule has 262 valence electrons. The predicted molar refractivity (Wildman–Crippen MR) is 181 cm³/mol. The highest BCUT2D eigenvalue weighted by Crippen LogP contribution is 2.31. The molecule has 2 amide bonds. The summed E-state index contributed by atoms with van der Waals surface area (Å²) in [6.45, 7) is 8.67. The topological polar surface area (TPSA) is 124 Å². The van der Waals surface area contributed by atoms with Crippen molar-refractivity contribution >= 4 is 29.6 Å². The summed E-state index contributed by atoms with van der Waals surface area (Å²) in [6, 6.07) is 15.1. The van der Waals surface area contributed by atoms with Crippen LogP contribution < -0.4 is 15.0 Å². The van der Waals surface area contributed by atoms with Crippen LogP contribution >= 0.6 is 0 Å². The molecule has 2 heterocycles. The number of nitrogens with one attached hydrogen (secondary N) is 1. The third-order valence-corrected chi connectivity index (χ3v) is 8.49. The molecule has 11 nitrogen and oxygen atoms in total. The fourth-order valence-corrected chi connectivity index (χ4v) is 6.07. The Morgan fingerprint density at radius 3 is 2.38 bits per heavy atom. The number of piperidine rings is 1. The van der Waals surface area contributed by atoms with Gasteiger partial charge in [0, 0.05) is 13.1 Å². The zero-order valence-electron chi connectivity index (χ0n) is 28.8. The van der Waals surface area contributed by atoms with Crippen molar-refractivity contribution in [2.45, 2.75) is 96.9 Å². The summed E-state index contributed by atoms with van der Waals surface area (Å²) in [5, 5.41) is 3.20. The number of anilines is 1. The van der Waals surface area contributed by atoms with Crippen LogP contribution in [0.5, 0.6) is 5.75 Å². The van der Waals surface area contributed by atoms with Gasteiger partial charge in [-0.1, -0.05) is 68.1 Å². The molecule has 1 fully saturated rings. The van der Waals surface area contributed by atoms with E-state index in [1.807, 2.05) is 30.3 Å². The van der Waals surface area contributed by atoms with Crippen LogP contribution in [-0.4, -0.2) is 79.4 Å². The van der Waals surface area contributed by atoms with Crippen molar-refractivity contribution < 1.29 is 38.1 Å². The minimum atomic E-state index is -0.876. The largest absolute Gasteiger partial charge is 0.489 e. The van der Waals surface area contributed by atoms with Crippen molar-refractivity contribution in [1.29, 1.82) is 0 Å². The summed E-state index contributed by atoms with van der Waals surface area (Å²) in [4.78, 5) is 55.3. The number of ether oxygens (including phenoxy) is 4.